The molecule has 4 N–H and O–H groups in total. The van der Waals surface area contributed by atoms with Gasteiger partial charge in [-0.2, -0.15) is 0 Å². The summed E-state index contributed by atoms with van der Waals surface area (Å²) in [5.41, 5.74) is 7.32. The number of carbonyl (C=O) groups excluding carboxylic acids is 4. The summed E-state index contributed by atoms with van der Waals surface area (Å²) in [7, 11) is 1.51. The average molecular weight is 712 g/mol. The first-order valence-corrected chi connectivity index (χ1v) is 17.5. The van der Waals surface area contributed by atoms with Crippen LogP contribution in [0.3, 0.4) is 0 Å². The Labute approximate surface area is 299 Å². The summed E-state index contributed by atoms with van der Waals surface area (Å²) in [6.45, 7) is 9.42. The minimum absolute atomic E-state index is 0.0201. The lowest BCUT2D eigenvalue weighted by molar-refractivity contribution is -0.179. The van der Waals surface area contributed by atoms with Gasteiger partial charge >= 0.3 is 11.9 Å². The van der Waals surface area contributed by atoms with Gasteiger partial charge in [0.2, 0.25) is 11.8 Å². The molecule has 0 unspecified atom stereocenters. The number of esters is 2. The van der Waals surface area contributed by atoms with Gasteiger partial charge in [0.05, 0.1) is 23.7 Å². The molecule has 2 aliphatic rings. The summed E-state index contributed by atoms with van der Waals surface area (Å²) in [6.07, 6.45) is 2.21. The van der Waals surface area contributed by atoms with E-state index in [0.29, 0.717) is 29.3 Å². The Morgan fingerprint density at radius 1 is 1.00 bits per heavy atom. The van der Waals surface area contributed by atoms with Crippen molar-refractivity contribution < 1.29 is 38.1 Å². The minimum atomic E-state index is -1.20. The molecule has 12 heteroatoms. The molecular weight excluding hydrogens is 662 g/mol. The van der Waals surface area contributed by atoms with Crippen LogP contribution in [-0.4, -0.2) is 61.8 Å². The number of halogens is 1. The van der Waals surface area contributed by atoms with Crippen molar-refractivity contribution in [1.29, 1.82) is 0 Å². The van der Waals surface area contributed by atoms with E-state index in [2.05, 4.69) is 10.6 Å². The number of epoxide rings is 1. The Kier molecular flexibility index (Phi) is 13.5. The quantitative estimate of drug-likeness (QED) is 0.229. The highest BCUT2D eigenvalue weighted by Crippen LogP contribution is 2.43. The van der Waals surface area contributed by atoms with Crippen molar-refractivity contribution in [3.63, 3.8) is 0 Å². The molecule has 0 aliphatic carbocycles. The third-order valence-corrected chi connectivity index (χ3v) is 9.31. The van der Waals surface area contributed by atoms with Gasteiger partial charge in [-0.25, -0.2) is 4.79 Å². The molecule has 2 aromatic carbocycles. The maximum Gasteiger partial charge on any atom is 0.347 e. The fourth-order valence-corrected chi connectivity index (χ4v) is 6.10. The number of methoxy groups -OCH3 is 1. The summed E-state index contributed by atoms with van der Waals surface area (Å²) in [6, 6.07) is 12.1. The predicted octanol–water partition coefficient (Wildman–Crippen LogP) is 4.97. The van der Waals surface area contributed by atoms with E-state index in [9.17, 15) is 19.2 Å². The first kappa shape index (κ1) is 38.9. The van der Waals surface area contributed by atoms with Crippen molar-refractivity contribution in [3.05, 3.63) is 76.3 Å². The van der Waals surface area contributed by atoms with E-state index in [-0.39, 0.29) is 49.9 Å². The average Bonchev–Trinajstić information content (AvgIpc) is 3.84. The van der Waals surface area contributed by atoms with Crippen LogP contribution in [0.4, 0.5) is 0 Å². The van der Waals surface area contributed by atoms with Gasteiger partial charge in [0.25, 0.3) is 0 Å². The predicted molar refractivity (Wildman–Crippen MR) is 189 cm³/mol. The number of cyclic esters (lactones) is 2. The largest absolute Gasteiger partial charge is 0.495 e. The second-order valence-electron chi connectivity index (χ2n) is 14.2. The smallest absolute Gasteiger partial charge is 0.347 e. The van der Waals surface area contributed by atoms with Gasteiger partial charge in [0, 0.05) is 25.9 Å². The third-order valence-electron chi connectivity index (χ3n) is 9.01. The van der Waals surface area contributed by atoms with Gasteiger partial charge in [0.1, 0.15) is 24.0 Å². The molecule has 2 amide bonds. The van der Waals surface area contributed by atoms with Crippen molar-refractivity contribution in [2.45, 2.75) is 97.3 Å². The van der Waals surface area contributed by atoms with E-state index in [1.54, 1.807) is 38.1 Å². The van der Waals surface area contributed by atoms with E-state index in [1.807, 2.05) is 45.0 Å². The number of hydrogen-bond acceptors (Lipinski definition) is 9. The van der Waals surface area contributed by atoms with Crippen molar-refractivity contribution in [2.75, 3.05) is 13.7 Å². The van der Waals surface area contributed by atoms with E-state index < -0.39 is 47.4 Å². The van der Waals surface area contributed by atoms with Crippen LogP contribution in [0.15, 0.2) is 54.6 Å². The number of amides is 2. The van der Waals surface area contributed by atoms with Crippen LogP contribution in [0.2, 0.25) is 5.02 Å². The number of hydrogen-bond donors (Lipinski definition) is 3. The maximum atomic E-state index is 13.6. The zero-order chi connectivity index (χ0) is 36.6. The number of rotatable bonds is 10. The van der Waals surface area contributed by atoms with Crippen LogP contribution in [0, 0.1) is 17.3 Å². The molecule has 0 bridgehead atoms. The Hall–Kier alpha value is -3.93. The number of nitrogens with one attached hydrogen (secondary N) is 2. The molecule has 1 fully saturated rings. The number of nitrogens with two attached hydrogens (primary N) is 1. The lowest BCUT2D eigenvalue weighted by Gasteiger charge is -2.29. The zero-order valence-corrected chi connectivity index (χ0v) is 30.5. The normalized spacial score (nSPS) is 25.9. The number of benzene rings is 2. The molecule has 0 saturated carbocycles. The van der Waals surface area contributed by atoms with Gasteiger partial charge < -0.3 is 35.3 Å². The summed E-state index contributed by atoms with van der Waals surface area (Å²) >= 11 is 6.33. The molecule has 50 heavy (non-hydrogen) atoms. The van der Waals surface area contributed by atoms with Crippen LogP contribution >= 0.6 is 11.6 Å². The van der Waals surface area contributed by atoms with E-state index in [0.717, 1.165) is 11.1 Å². The SMILES string of the molecule is COc1ccc(C[C@H]2NC(=O)/C=C/C[C@@H]([C@H](C)C[C@@H]3O[C@@H]3c3ccc(CN)cc3)OC(=O)[C@H](CC(C)C)OC(=O)C(C)(C)CNC2=O)cc1Cl. The molecule has 6 atom stereocenters. The maximum absolute atomic E-state index is 13.6. The van der Waals surface area contributed by atoms with E-state index in [1.165, 1.54) is 13.2 Å². The van der Waals surface area contributed by atoms with Gasteiger partial charge in [-0.05, 0) is 73.4 Å². The van der Waals surface area contributed by atoms with Crippen LogP contribution in [0.5, 0.6) is 5.75 Å². The fraction of sp³-hybridized carbons (Fsp3) is 0.526. The van der Waals surface area contributed by atoms with Crippen molar-refractivity contribution in [3.8, 4) is 5.75 Å². The summed E-state index contributed by atoms with van der Waals surface area (Å²) < 4.78 is 23.1. The standard InChI is InChI=1S/C38H50ClN3O8/c1-22(2)16-32-36(45)49-29(23(3)17-31-34(48-31)26-13-10-24(20-40)11-14-26)8-7-9-33(43)42-28(19-25-12-15-30(47-6)27(39)18-25)35(44)41-21-38(4,5)37(46)50-32/h7,9-15,18,22-23,28-29,31-32,34H,8,16-17,19-21,40H2,1-6H3,(H,41,44)(H,42,43)/b9-7+/t23-,28-,29+,31+,32+,34-/m1/s1. The topological polar surface area (TPSA) is 159 Å². The molecule has 272 valence electrons. The van der Waals surface area contributed by atoms with Crippen LogP contribution in [0.1, 0.15) is 76.7 Å². The first-order chi connectivity index (χ1) is 23.7. The molecular formula is C38H50ClN3O8. The van der Waals surface area contributed by atoms with Gasteiger partial charge in [-0.15, -0.1) is 0 Å². The molecule has 1 saturated heterocycles. The van der Waals surface area contributed by atoms with Crippen LogP contribution in [0.25, 0.3) is 0 Å². The van der Waals surface area contributed by atoms with Crippen molar-refractivity contribution in [1.82, 2.24) is 10.6 Å². The Morgan fingerprint density at radius 3 is 2.34 bits per heavy atom. The molecule has 4 rings (SSSR count). The van der Waals surface area contributed by atoms with Crippen molar-refractivity contribution in [2.24, 2.45) is 23.0 Å². The van der Waals surface area contributed by atoms with Crippen LogP contribution < -0.4 is 21.1 Å². The zero-order valence-electron chi connectivity index (χ0n) is 29.7. The summed E-state index contributed by atoms with van der Waals surface area (Å²) in [4.78, 5) is 53.8. The highest BCUT2D eigenvalue weighted by molar-refractivity contribution is 6.32. The highest BCUT2D eigenvalue weighted by atomic mass is 35.5. The van der Waals surface area contributed by atoms with Gasteiger partial charge in [-0.1, -0.05) is 68.8 Å². The second-order valence-corrected chi connectivity index (χ2v) is 14.6. The molecule has 0 spiro atoms. The Balaban J connectivity index is 1.57. The Bertz CT molecular complexity index is 1540. The van der Waals surface area contributed by atoms with E-state index >= 15 is 0 Å². The molecule has 2 aromatic rings. The Morgan fingerprint density at radius 2 is 1.70 bits per heavy atom. The highest BCUT2D eigenvalue weighted by Gasteiger charge is 2.43. The second kappa shape index (κ2) is 17.3. The summed E-state index contributed by atoms with van der Waals surface area (Å²) in [5, 5.41) is 5.92. The van der Waals surface area contributed by atoms with Crippen LogP contribution in [-0.2, 0) is 46.4 Å². The fourth-order valence-electron chi connectivity index (χ4n) is 5.82. The lowest BCUT2D eigenvalue weighted by Crippen LogP contribution is -2.51. The first-order valence-electron chi connectivity index (χ1n) is 17.1. The number of ether oxygens (including phenoxy) is 4. The minimum Gasteiger partial charge on any atom is -0.495 e. The third kappa shape index (κ3) is 10.8. The lowest BCUT2D eigenvalue weighted by atomic mass is 9.92. The van der Waals surface area contributed by atoms with Crippen molar-refractivity contribution >= 4 is 35.4 Å². The molecule has 0 aromatic heterocycles. The monoisotopic (exact) mass is 711 g/mol. The molecule has 11 nitrogen and oxygen atoms in total. The molecule has 2 aliphatic heterocycles. The van der Waals surface area contributed by atoms with Gasteiger partial charge in [-0.3, -0.25) is 14.4 Å². The number of carbonyl (C=O) groups is 4. The molecule has 0 radical (unpaired) electrons. The van der Waals surface area contributed by atoms with E-state index in [4.69, 9.17) is 36.3 Å². The molecule has 2 heterocycles. The van der Waals surface area contributed by atoms with Gasteiger partial charge in [0.15, 0.2) is 6.10 Å². The summed E-state index contributed by atoms with van der Waals surface area (Å²) in [5.74, 6) is -1.98.